The Kier molecular flexibility index (Phi) is 3.68. The van der Waals surface area contributed by atoms with Gasteiger partial charge in [0.05, 0.1) is 11.0 Å². The van der Waals surface area contributed by atoms with Crippen molar-refractivity contribution >= 4 is 5.91 Å². The lowest BCUT2D eigenvalue weighted by molar-refractivity contribution is -0.155. The second-order valence-corrected chi connectivity index (χ2v) is 6.16. The standard InChI is InChI=1S/C13H25NO2/c1-10-6-8-14(9-7-10)11(15)12(2,3)13(4,5)16/h10,16H,6-9H2,1-5H3. The molecule has 1 aliphatic rings. The number of hydrogen-bond acceptors (Lipinski definition) is 2. The summed E-state index contributed by atoms with van der Waals surface area (Å²) in [5.74, 6) is 0.793. The van der Waals surface area contributed by atoms with E-state index in [4.69, 9.17) is 0 Å². The minimum absolute atomic E-state index is 0.0758. The molecular formula is C13H25NO2. The molecule has 1 N–H and O–H groups in total. The predicted octanol–water partition coefficient (Wildman–Crippen LogP) is 2.04. The third-order valence-corrected chi connectivity index (χ3v) is 4.14. The highest BCUT2D eigenvalue weighted by molar-refractivity contribution is 5.83. The third kappa shape index (κ3) is 2.57. The average Bonchev–Trinajstić information content (AvgIpc) is 2.16. The number of hydrogen-bond donors (Lipinski definition) is 1. The molecule has 0 aliphatic carbocycles. The molecular weight excluding hydrogens is 202 g/mol. The van der Waals surface area contributed by atoms with Gasteiger partial charge < -0.3 is 10.0 Å². The molecule has 0 atom stereocenters. The van der Waals surface area contributed by atoms with Crippen LogP contribution in [0, 0.1) is 11.3 Å². The first-order valence-corrected chi connectivity index (χ1v) is 6.18. The monoisotopic (exact) mass is 227 g/mol. The van der Waals surface area contributed by atoms with Gasteiger partial charge in [0.2, 0.25) is 5.91 Å². The van der Waals surface area contributed by atoms with Crippen LogP contribution in [0.15, 0.2) is 0 Å². The van der Waals surface area contributed by atoms with Crippen molar-refractivity contribution in [2.24, 2.45) is 11.3 Å². The summed E-state index contributed by atoms with van der Waals surface area (Å²) >= 11 is 0. The Morgan fingerprint density at radius 1 is 1.19 bits per heavy atom. The SMILES string of the molecule is CC1CCN(C(=O)C(C)(C)C(C)(C)O)CC1. The number of aliphatic hydroxyl groups is 1. The molecule has 1 saturated heterocycles. The minimum Gasteiger partial charge on any atom is -0.389 e. The predicted molar refractivity (Wildman–Crippen MR) is 65.1 cm³/mol. The minimum atomic E-state index is -0.979. The zero-order valence-electron chi connectivity index (χ0n) is 11.2. The Labute approximate surface area is 98.8 Å². The highest BCUT2D eigenvalue weighted by atomic mass is 16.3. The van der Waals surface area contributed by atoms with Crippen LogP contribution in [0.3, 0.4) is 0 Å². The highest BCUT2D eigenvalue weighted by Gasteiger charge is 2.44. The summed E-state index contributed by atoms with van der Waals surface area (Å²) in [6.07, 6.45) is 2.15. The van der Waals surface area contributed by atoms with Crippen LogP contribution in [0.25, 0.3) is 0 Å². The van der Waals surface area contributed by atoms with Gasteiger partial charge in [-0.2, -0.15) is 0 Å². The van der Waals surface area contributed by atoms with Crippen LogP contribution < -0.4 is 0 Å². The molecule has 1 aliphatic heterocycles. The van der Waals surface area contributed by atoms with Crippen molar-refractivity contribution in [1.82, 2.24) is 4.90 Å². The van der Waals surface area contributed by atoms with Crippen LogP contribution in [0.2, 0.25) is 0 Å². The first kappa shape index (κ1) is 13.5. The molecule has 0 saturated carbocycles. The van der Waals surface area contributed by atoms with Crippen LogP contribution >= 0.6 is 0 Å². The summed E-state index contributed by atoms with van der Waals surface area (Å²) < 4.78 is 0. The van der Waals surface area contributed by atoms with E-state index in [9.17, 15) is 9.90 Å². The van der Waals surface area contributed by atoms with Crippen molar-refractivity contribution in [2.45, 2.75) is 53.1 Å². The Hall–Kier alpha value is -0.570. The first-order chi connectivity index (χ1) is 7.16. The first-order valence-electron chi connectivity index (χ1n) is 6.18. The Bertz CT molecular complexity index is 258. The van der Waals surface area contributed by atoms with Gasteiger partial charge in [0.1, 0.15) is 0 Å². The van der Waals surface area contributed by atoms with E-state index in [1.54, 1.807) is 13.8 Å². The molecule has 3 nitrogen and oxygen atoms in total. The summed E-state index contributed by atoms with van der Waals surface area (Å²) in [4.78, 5) is 14.2. The lowest BCUT2D eigenvalue weighted by Crippen LogP contribution is -2.53. The number of likely N-dealkylation sites (tertiary alicyclic amines) is 1. The molecule has 94 valence electrons. The summed E-state index contributed by atoms with van der Waals surface area (Å²) in [5, 5.41) is 10.1. The number of carbonyl (C=O) groups is 1. The van der Waals surface area contributed by atoms with E-state index >= 15 is 0 Å². The van der Waals surface area contributed by atoms with Crippen molar-refractivity contribution < 1.29 is 9.90 Å². The molecule has 0 spiro atoms. The zero-order valence-corrected chi connectivity index (χ0v) is 11.2. The van der Waals surface area contributed by atoms with Gasteiger partial charge in [-0.05, 0) is 46.5 Å². The van der Waals surface area contributed by atoms with E-state index in [0.717, 1.165) is 25.9 Å². The second kappa shape index (κ2) is 4.36. The maximum atomic E-state index is 12.3. The molecule has 1 heterocycles. The molecule has 0 unspecified atom stereocenters. The van der Waals surface area contributed by atoms with Crippen LogP contribution in [0.1, 0.15) is 47.5 Å². The van der Waals surface area contributed by atoms with Gasteiger partial charge in [-0.15, -0.1) is 0 Å². The van der Waals surface area contributed by atoms with Gasteiger partial charge in [-0.25, -0.2) is 0 Å². The third-order valence-electron chi connectivity index (χ3n) is 4.14. The van der Waals surface area contributed by atoms with Crippen LogP contribution in [-0.4, -0.2) is 34.6 Å². The number of nitrogens with zero attached hydrogens (tertiary/aromatic N) is 1. The molecule has 0 radical (unpaired) electrons. The quantitative estimate of drug-likeness (QED) is 0.784. The van der Waals surface area contributed by atoms with Crippen molar-refractivity contribution in [3.05, 3.63) is 0 Å². The van der Waals surface area contributed by atoms with Crippen LogP contribution in [0.5, 0.6) is 0 Å². The van der Waals surface area contributed by atoms with Gasteiger partial charge in [0, 0.05) is 13.1 Å². The number of carbonyl (C=O) groups excluding carboxylic acids is 1. The lowest BCUT2D eigenvalue weighted by atomic mass is 9.75. The van der Waals surface area contributed by atoms with Crippen molar-refractivity contribution in [3.63, 3.8) is 0 Å². The molecule has 16 heavy (non-hydrogen) atoms. The van der Waals surface area contributed by atoms with E-state index in [2.05, 4.69) is 6.92 Å². The molecule has 0 aromatic rings. The van der Waals surface area contributed by atoms with E-state index in [-0.39, 0.29) is 5.91 Å². The summed E-state index contributed by atoms with van der Waals surface area (Å²) in [6.45, 7) is 11.0. The van der Waals surface area contributed by atoms with Gasteiger partial charge in [0.15, 0.2) is 0 Å². The normalized spacial score (nSPS) is 20.0. The molecule has 1 fully saturated rings. The summed E-state index contributed by atoms with van der Waals surface area (Å²) in [5.41, 5.74) is -1.69. The maximum Gasteiger partial charge on any atom is 0.231 e. The van der Waals surface area contributed by atoms with E-state index in [1.165, 1.54) is 0 Å². The van der Waals surface area contributed by atoms with Gasteiger partial charge in [-0.1, -0.05) is 6.92 Å². The molecule has 0 aromatic carbocycles. The Balaban J connectivity index is 2.71. The molecule has 0 bridgehead atoms. The van der Waals surface area contributed by atoms with Gasteiger partial charge >= 0.3 is 0 Å². The zero-order chi connectivity index (χ0) is 12.6. The molecule has 1 rings (SSSR count). The van der Waals surface area contributed by atoms with Gasteiger partial charge in [0.25, 0.3) is 0 Å². The Morgan fingerprint density at radius 2 is 1.62 bits per heavy atom. The largest absolute Gasteiger partial charge is 0.389 e. The molecule has 1 amide bonds. The number of rotatable bonds is 2. The summed E-state index contributed by atoms with van der Waals surface area (Å²) in [7, 11) is 0. The van der Waals surface area contributed by atoms with Gasteiger partial charge in [-0.3, -0.25) is 4.79 Å². The second-order valence-electron chi connectivity index (χ2n) is 6.16. The van der Waals surface area contributed by atoms with Crippen molar-refractivity contribution in [3.8, 4) is 0 Å². The maximum absolute atomic E-state index is 12.3. The average molecular weight is 227 g/mol. The van der Waals surface area contributed by atoms with Crippen LogP contribution in [0.4, 0.5) is 0 Å². The van der Waals surface area contributed by atoms with E-state index < -0.39 is 11.0 Å². The van der Waals surface area contributed by atoms with Crippen molar-refractivity contribution in [1.29, 1.82) is 0 Å². The molecule has 0 aromatic heterocycles. The topological polar surface area (TPSA) is 40.5 Å². The van der Waals surface area contributed by atoms with Crippen molar-refractivity contribution in [2.75, 3.05) is 13.1 Å². The van der Waals surface area contributed by atoms with E-state index in [0.29, 0.717) is 5.92 Å². The number of piperidine rings is 1. The smallest absolute Gasteiger partial charge is 0.231 e. The fourth-order valence-electron chi connectivity index (χ4n) is 1.87. The number of amides is 1. The highest BCUT2D eigenvalue weighted by Crippen LogP contribution is 2.33. The lowest BCUT2D eigenvalue weighted by Gasteiger charge is -2.41. The van der Waals surface area contributed by atoms with E-state index in [1.807, 2.05) is 18.7 Å². The Morgan fingerprint density at radius 3 is 2.00 bits per heavy atom. The fraction of sp³-hybridized carbons (Fsp3) is 0.923. The molecule has 3 heteroatoms. The fourth-order valence-corrected chi connectivity index (χ4v) is 1.87. The van der Waals surface area contributed by atoms with Crippen LogP contribution in [-0.2, 0) is 4.79 Å². The summed E-state index contributed by atoms with van der Waals surface area (Å²) in [6, 6.07) is 0.